The molecule has 1 rings (SSSR count). The summed E-state index contributed by atoms with van der Waals surface area (Å²) in [6.07, 6.45) is -3.82. The van der Waals surface area contributed by atoms with Crippen LogP contribution in [-0.4, -0.2) is 49.5 Å². The van der Waals surface area contributed by atoms with Crippen molar-refractivity contribution in [2.45, 2.75) is 24.3 Å². The van der Waals surface area contributed by atoms with Gasteiger partial charge in [-0.1, -0.05) is 0 Å². The molecule has 1 aromatic rings. The van der Waals surface area contributed by atoms with E-state index in [1.165, 1.54) is 0 Å². The molecule has 0 fully saturated rings. The van der Waals surface area contributed by atoms with Crippen molar-refractivity contribution in [1.82, 2.24) is 0 Å². The van der Waals surface area contributed by atoms with Gasteiger partial charge in [-0.25, -0.2) is 9.18 Å². The van der Waals surface area contributed by atoms with Crippen molar-refractivity contribution >= 4 is 89.8 Å². The zero-order valence-electron chi connectivity index (χ0n) is 13.6. The molecule has 0 heterocycles. The number of alkyl halides is 3. The maximum Gasteiger partial charge on any atom is 0.403 e. The SMILES string of the molecule is O=C(CCCOC(=O)c1cc(I)cc(I)c1I)OCC(F)C(F)(F)S(=O)(=O)O. The number of esters is 2. The fourth-order valence-corrected chi connectivity index (χ4v) is 4.43. The first-order valence-corrected chi connectivity index (χ1v) is 11.9. The molecule has 0 saturated carbocycles. The lowest BCUT2D eigenvalue weighted by Gasteiger charge is -2.17. The summed E-state index contributed by atoms with van der Waals surface area (Å²) in [6, 6.07) is 3.51. The Bertz CT molecular complexity index is 849. The van der Waals surface area contributed by atoms with Gasteiger partial charge in [0.1, 0.15) is 6.61 Å². The molecule has 1 N–H and O–H groups in total. The molecule has 0 bridgehead atoms. The highest BCUT2D eigenvalue weighted by atomic mass is 127. The van der Waals surface area contributed by atoms with Crippen LogP contribution in [-0.2, 0) is 24.4 Å². The van der Waals surface area contributed by atoms with Gasteiger partial charge in [0.05, 0.1) is 12.2 Å². The van der Waals surface area contributed by atoms with Gasteiger partial charge in [-0.2, -0.15) is 17.2 Å². The van der Waals surface area contributed by atoms with Crippen molar-refractivity contribution in [3.63, 3.8) is 0 Å². The predicted octanol–water partition coefficient (Wildman–Crippen LogP) is 3.80. The summed E-state index contributed by atoms with van der Waals surface area (Å²) < 4.78 is 79.7. The van der Waals surface area contributed by atoms with Crippen molar-refractivity contribution < 1.29 is 45.2 Å². The van der Waals surface area contributed by atoms with Crippen molar-refractivity contribution in [2.75, 3.05) is 13.2 Å². The highest BCUT2D eigenvalue weighted by molar-refractivity contribution is 14.1. The van der Waals surface area contributed by atoms with E-state index in [2.05, 4.69) is 27.3 Å². The average molecular weight is 762 g/mol. The minimum atomic E-state index is -5.97. The van der Waals surface area contributed by atoms with Gasteiger partial charge in [-0.05, 0) is 86.3 Å². The van der Waals surface area contributed by atoms with Gasteiger partial charge in [0.15, 0.2) is 0 Å². The smallest absolute Gasteiger partial charge is 0.403 e. The number of halogens is 6. The van der Waals surface area contributed by atoms with Crippen LogP contribution < -0.4 is 0 Å². The number of benzene rings is 1. The molecule has 1 unspecified atom stereocenters. The van der Waals surface area contributed by atoms with E-state index in [0.717, 1.165) is 7.14 Å². The number of carbonyl (C=O) groups is 2. The summed E-state index contributed by atoms with van der Waals surface area (Å²) in [5.41, 5.74) is 0.354. The first-order chi connectivity index (χ1) is 12.8. The minimum absolute atomic E-state index is 0.0200. The Morgan fingerprint density at radius 1 is 1.18 bits per heavy atom. The van der Waals surface area contributed by atoms with E-state index in [-0.39, 0.29) is 19.4 Å². The zero-order chi connectivity index (χ0) is 21.7. The molecule has 0 aliphatic rings. The molecule has 0 amide bonds. The Kier molecular flexibility index (Phi) is 10.1. The van der Waals surface area contributed by atoms with Crippen LogP contribution in [0.15, 0.2) is 12.1 Å². The molecule has 158 valence electrons. The van der Waals surface area contributed by atoms with Gasteiger partial charge >= 0.3 is 27.3 Å². The van der Waals surface area contributed by atoms with Gasteiger partial charge in [-0.3, -0.25) is 9.35 Å². The Labute approximate surface area is 199 Å². The number of rotatable bonds is 9. The first-order valence-electron chi connectivity index (χ1n) is 7.23. The number of ether oxygens (including phenoxy) is 2. The topological polar surface area (TPSA) is 107 Å². The number of carbonyl (C=O) groups excluding carboxylic acids is 2. The van der Waals surface area contributed by atoms with Crippen molar-refractivity contribution in [3.05, 3.63) is 28.4 Å². The van der Waals surface area contributed by atoms with Crippen molar-refractivity contribution in [1.29, 1.82) is 0 Å². The maximum absolute atomic E-state index is 13.2. The molecule has 14 heteroatoms. The molecule has 7 nitrogen and oxygen atoms in total. The van der Waals surface area contributed by atoms with Crippen LogP contribution in [0.2, 0.25) is 0 Å². The Morgan fingerprint density at radius 2 is 1.79 bits per heavy atom. The van der Waals surface area contributed by atoms with Crippen LogP contribution in [0.3, 0.4) is 0 Å². The van der Waals surface area contributed by atoms with Crippen molar-refractivity contribution in [3.8, 4) is 0 Å². The van der Waals surface area contributed by atoms with E-state index in [1.54, 1.807) is 6.07 Å². The van der Waals surface area contributed by atoms with E-state index >= 15 is 0 Å². The largest absolute Gasteiger partial charge is 0.462 e. The summed E-state index contributed by atoms with van der Waals surface area (Å²) in [6.45, 7) is -1.73. The van der Waals surface area contributed by atoms with Crippen LogP contribution in [0.4, 0.5) is 13.2 Å². The zero-order valence-corrected chi connectivity index (χ0v) is 20.9. The minimum Gasteiger partial charge on any atom is -0.462 e. The van der Waals surface area contributed by atoms with Crippen LogP contribution in [0, 0.1) is 10.7 Å². The van der Waals surface area contributed by atoms with Gasteiger partial charge < -0.3 is 9.47 Å². The third kappa shape index (κ3) is 7.38. The summed E-state index contributed by atoms with van der Waals surface area (Å²) in [4.78, 5) is 23.5. The highest BCUT2D eigenvalue weighted by Gasteiger charge is 2.53. The molecular weight excluding hydrogens is 750 g/mol. The fraction of sp³-hybridized carbons (Fsp3) is 0.429. The lowest BCUT2D eigenvalue weighted by Crippen LogP contribution is -2.41. The van der Waals surface area contributed by atoms with Gasteiger partial charge in [-0.15, -0.1) is 0 Å². The first kappa shape index (κ1) is 26.1. The molecule has 0 spiro atoms. The lowest BCUT2D eigenvalue weighted by atomic mass is 10.2. The Balaban J connectivity index is 2.43. The molecule has 0 aliphatic heterocycles. The molecule has 0 aromatic heterocycles. The Morgan fingerprint density at radius 3 is 2.36 bits per heavy atom. The monoisotopic (exact) mass is 762 g/mol. The normalized spacial score (nSPS) is 13.1. The highest BCUT2D eigenvalue weighted by Crippen LogP contribution is 2.27. The second kappa shape index (κ2) is 10.9. The second-order valence-electron chi connectivity index (χ2n) is 5.18. The van der Waals surface area contributed by atoms with Crippen molar-refractivity contribution in [2.24, 2.45) is 0 Å². The predicted molar refractivity (Wildman–Crippen MR) is 116 cm³/mol. The number of hydrogen-bond acceptors (Lipinski definition) is 6. The quantitative estimate of drug-likeness (QED) is 0.134. The van der Waals surface area contributed by atoms with E-state index in [9.17, 15) is 31.2 Å². The Hall–Kier alpha value is 0.0500. The van der Waals surface area contributed by atoms with Gasteiger partial charge in [0.25, 0.3) is 0 Å². The summed E-state index contributed by atoms with van der Waals surface area (Å²) in [5.74, 6) is -1.70. The number of hydrogen-bond donors (Lipinski definition) is 1. The molecule has 1 aromatic carbocycles. The van der Waals surface area contributed by atoms with Crippen LogP contribution in [0.25, 0.3) is 0 Å². The van der Waals surface area contributed by atoms with Gasteiger partial charge in [0, 0.05) is 17.1 Å². The molecule has 28 heavy (non-hydrogen) atoms. The van der Waals surface area contributed by atoms with E-state index in [4.69, 9.17) is 9.29 Å². The van der Waals surface area contributed by atoms with E-state index in [0.29, 0.717) is 9.13 Å². The fourth-order valence-electron chi connectivity index (χ4n) is 1.66. The molecular formula is C14H12F3I3O7S. The van der Waals surface area contributed by atoms with Gasteiger partial charge in [0.2, 0.25) is 6.17 Å². The van der Waals surface area contributed by atoms with E-state index in [1.807, 2.05) is 51.2 Å². The van der Waals surface area contributed by atoms with Crippen LogP contribution >= 0.6 is 67.8 Å². The van der Waals surface area contributed by atoms with Crippen LogP contribution in [0.1, 0.15) is 23.2 Å². The summed E-state index contributed by atoms with van der Waals surface area (Å²) in [5, 5.41) is -5.09. The average Bonchev–Trinajstić information content (AvgIpc) is 2.58. The maximum atomic E-state index is 13.2. The molecule has 0 saturated heterocycles. The summed E-state index contributed by atoms with van der Waals surface area (Å²) >= 11 is 6.11. The molecule has 0 radical (unpaired) electrons. The molecule has 0 aliphatic carbocycles. The molecule has 1 atom stereocenters. The third-order valence-corrected chi connectivity index (χ3v) is 7.68. The van der Waals surface area contributed by atoms with E-state index < -0.39 is 40.1 Å². The lowest BCUT2D eigenvalue weighted by molar-refractivity contribution is -0.148. The standard InChI is InChI=1S/C14H12F3I3O7S/c15-10(14(16,17)28(23,24)25)6-27-11(21)2-1-3-26-13(22)8-4-7(18)5-9(19)12(8)20/h4-5,10H,1-3,6H2,(H,23,24,25). The summed E-state index contributed by atoms with van der Waals surface area (Å²) in [7, 11) is -5.97. The second-order valence-corrected chi connectivity index (χ2v) is 10.2. The van der Waals surface area contributed by atoms with Crippen LogP contribution in [0.5, 0.6) is 0 Å². The third-order valence-electron chi connectivity index (χ3n) is 3.07.